The SMILES string of the molecule is CCC1c2ccsc2CCN1C(=O)CCl. The highest BCUT2D eigenvalue weighted by Crippen LogP contribution is 2.35. The first-order valence-corrected chi connectivity index (χ1v) is 6.61. The second-order valence-electron chi connectivity index (χ2n) is 3.69. The Hall–Kier alpha value is -0.540. The summed E-state index contributed by atoms with van der Waals surface area (Å²) in [5, 5.41) is 2.11. The van der Waals surface area contributed by atoms with Gasteiger partial charge in [0.25, 0.3) is 0 Å². The van der Waals surface area contributed by atoms with Gasteiger partial charge in [-0.15, -0.1) is 22.9 Å². The molecule has 15 heavy (non-hydrogen) atoms. The van der Waals surface area contributed by atoms with E-state index in [0.717, 1.165) is 19.4 Å². The fraction of sp³-hybridized carbons (Fsp3) is 0.545. The number of fused-ring (bicyclic) bond motifs is 1. The molecule has 0 bridgehead atoms. The summed E-state index contributed by atoms with van der Waals surface area (Å²) >= 11 is 7.41. The Labute approximate surface area is 98.8 Å². The average Bonchev–Trinajstić information content (AvgIpc) is 2.74. The highest BCUT2D eigenvalue weighted by Gasteiger charge is 2.29. The molecule has 0 N–H and O–H groups in total. The van der Waals surface area contributed by atoms with Gasteiger partial charge < -0.3 is 4.90 Å². The van der Waals surface area contributed by atoms with Crippen LogP contribution in [0.4, 0.5) is 0 Å². The first-order valence-electron chi connectivity index (χ1n) is 5.19. The van der Waals surface area contributed by atoms with E-state index in [0.29, 0.717) is 0 Å². The van der Waals surface area contributed by atoms with Gasteiger partial charge in [-0.05, 0) is 29.9 Å². The van der Waals surface area contributed by atoms with Crippen molar-refractivity contribution in [3.05, 3.63) is 21.9 Å². The van der Waals surface area contributed by atoms with Crippen LogP contribution in [-0.4, -0.2) is 23.2 Å². The second-order valence-corrected chi connectivity index (χ2v) is 4.96. The van der Waals surface area contributed by atoms with Crippen LogP contribution in [0.3, 0.4) is 0 Å². The lowest BCUT2D eigenvalue weighted by atomic mass is 9.98. The van der Waals surface area contributed by atoms with Crippen LogP contribution in [-0.2, 0) is 11.2 Å². The Morgan fingerprint density at radius 1 is 1.73 bits per heavy atom. The molecular weight excluding hydrogens is 230 g/mol. The first kappa shape index (κ1) is 11.0. The van der Waals surface area contributed by atoms with E-state index >= 15 is 0 Å². The summed E-state index contributed by atoms with van der Waals surface area (Å²) in [5.41, 5.74) is 1.33. The van der Waals surface area contributed by atoms with E-state index in [9.17, 15) is 4.79 Å². The number of carbonyl (C=O) groups is 1. The van der Waals surface area contributed by atoms with Gasteiger partial charge in [0.05, 0.1) is 6.04 Å². The predicted octanol–water partition coefficient (Wildman–Crippen LogP) is 2.82. The maximum Gasteiger partial charge on any atom is 0.238 e. The summed E-state index contributed by atoms with van der Waals surface area (Å²) in [6.45, 7) is 2.93. The molecule has 0 spiro atoms. The van der Waals surface area contributed by atoms with Crippen LogP contribution in [0, 0.1) is 0 Å². The van der Waals surface area contributed by atoms with Crippen molar-refractivity contribution in [2.45, 2.75) is 25.8 Å². The van der Waals surface area contributed by atoms with E-state index in [2.05, 4.69) is 18.4 Å². The maximum absolute atomic E-state index is 11.7. The van der Waals surface area contributed by atoms with Gasteiger partial charge in [-0.1, -0.05) is 6.92 Å². The Kier molecular flexibility index (Phi) is 3.32. The van der Waals surface area contributed by atoms with Gasteiger partial charge in [0.1, 0.15) is 5.88 Å². The van der Waals surface area contributed by atoms with Crippen LogP contribution in [0.15, 0.2) is 11.4 Å². The van der Waals surface area contributed by atoms with Gasteiger partial charge in [-0.3, -0.25) is 4.79 Å². The summed E-state index contributed by atoms with van der Waals surface area (Å²) < 4.78 is 0. The molecule has 82 valence electrons. The number of amides is 1. The number of alkyl halides is 1. The van der Waals surface area contributed by atoms with Crippen LogP contribution >= 0.6 is 22.9 Å². The van der Waals surface area contributed by atoms with E-state index in [4.69, 9.17) is 11.6 Å². The number of hydrogen-bond donors (Lipinski definition) is 0. The van der Waals surface area contributed by atoms with Crippen LogP contribution in [0.25, 0.3) is 0 Å². The van der Waals surface area contributed by atoms with Gasteiger partial charge >= 0.3 is 0 Å². The average molecular weight is 244 g/mol. The summed E-state index contributed by atoms with van der Waals surface area (Å²) in [6.07, 6.45) is 1.94. The van der Waals surface area contributed by atoms with E-state index in [-0.39, 0.29) is 17.8 Å². The predicted molar refractivity (Wildman–Crippen MR) is 63.5 cm³/mol. The molecule has 1 aromatic heterocycles. The molecule has 1 atom stereocenters. The lowest BCUT2D eigenvalue weighted by Gasteiger charge is -2.35. The topological polar surface area (TPSA) is 20.3 Å². The van der Waals surface area contributed by atoms with Crippen LogP contribution in [0.1, 0.15) is 29.8 Å². The minimum atomic E-state index is 0.0559. The molecule has 0 aliphatic carbocycles. The van der Waals surface area contributed by atoms with Crippen molar-refractivity contribution in [3.63, 3.8) is 0 Å². The molecule has 1 aliphatic rings. The smallest absolute Gasteiger partial charge is 0.238 e. The zero-order chi connectivity index (χ0) is 10.8. The largest absolute Gasteiger partial charge is 0.334 e. The maximum atomic E-state index is 11.7. The van der Waals surface area contributed by atoms with Crippen molar-refractivity contribution in [1.82, 2.24) is 4.90 Å². The lowest BCUT2D eigenvalue weighted by molar-refractivity contribution is -0.131. The van der Waals surface area contributed by atoms with Crippen LogP contribution < -0.4 is 0 Å². The highest BCUT2D eigenvalue weighted by atomic mass is 35.5. The van der Waals surface area contributed by atoms with E-state index in [1.165, 1.54) is 10.4 Å². The highest BCUT2D eigenvalue weighted by molar-refractivity contribution is 7.10. The van der Waals surface area contributed by atoms with Crippen molar-refractivity contribution in [2.24, 2.45) is 0 Å². The van der Waals surface area contributed by atoms with Gasteiger partial charge in [0, 0.05) is 11.4 Å². The monoisotopic (exact) mass is 243 g/mol. The molecule has 0 fully saturated rings. The van der Waals surface area contributed by atoms with Crippen molar-refractivity contribution in [3.8, 4) is 0 Å². The van der Waals surface area contributed by atoms with Crippen LogP contribution in [0.5, 0.6) is 0 Å². The summed E-state index contributed by atoms with van der Waals surface area (Å²) in [5.74, 6) is 0.149. The standard InChI is InChI=1S/C11H14ClNOS/c1-2-9-8-4-6-15-10(8)3-5-13(9)11(14)7-12/h4,6,9H,2-3,5,7H2,1H3. The Balaban J connectivity index is 2.28. The summed E-state index contributed by atoms with van der Waals surface area (Å²) in [4.78, 5) is 15.0. The van der Waals surface area contributed by atoms with Crippen LogP contribution in [0.2, 0.25) is 0 Å². The molecule has 1 aliphatic heterocycles. The van der Waals surface area contributed by atoms with Crippen molar-refractivity contribution in [2.75, 3.05) is 12.4 Å². The Bertz CT molecular complexity index is 363. The Morgan fingerprint density at radius 3 is 3.20 bits per heavy atom. The number of thiophene rings is 1. The van der Waals surface area contributed by atoms with Crippen molar-refractivity contribution in [1.29, 1.82) is 0 Å². The summed E-state index contributed by atoms with van der Waals surface area (Å²) in [7, 11) is 0. The molecule has 1 aromatic rings. The molecule has 0 aromatic carbocycles. The van der Waals surface area contributed by atoms with Gasteiger partial charge in [0.2, 0.25) is 5.91 Å². The first-order chi connectivity index (χ1) is 7.27. The zero-order valence-electron chi connectivity index (χ0n) is 8.70. The van der Waals surface area contributed by atoms with Crippen molar-refractivity contribution < 1.29 is 4.79 Å². The van der Waals surface area contributed by atoms with E-state index in [1.54, 1.807) is 11.3 Å². The van der Waals surface area contributed by atoms with Gasteiger partial charge in [-0.2, -0.15) is 0 Å². The number of hydrogen-bond acceptors (Lipinski definition) is 2. The fourth-order valence-corrected chi connectivity index (χ4v) is 3.29. The minimum Gasteiger partial charge on any atom is -0.334 e. The molecule has 0 radical (unpaired) electrons. The Morgan fingerprint density at radius 2 is 2.53 bits per heavy atom. The third-order valence-corrected chi connectivity index (χ3v) is 4.14. The van der Waals surface area contributed by atoms with Gasteiger partial charge in [0.15, 0.2) is 0 Å². The quantitative estimate of drug-likeness (QED) is 0.732. The number of nitrogens with zero attached hydrogens (tertiary/aromatic N) is 1. The number of rotatable bonds is 2. The normalized spacial score (nSPS) is 20.1. The molecule has 1 unspecified atom stereocenters. The third kappa shape index (κ3) is 1.91. The molecular formula is C11H14ClNOS. The van der Waals surface area contributed by atoms with Crippen molar-refractivity contribution >= 4 is 28.8 Å². The number of carbonyl (C=O) groups excluding carboxylic acids is 1. The molecule has 2 heterocycles. The third-order valence-electron chi connectivity index (χ3n) is 2.92. The zero-order valence-corrected chi connectivity index (χ0v) is 10.3. The van der Waals surface area contributed by atoms with E-state index in [1.807, 2.05) is 4.90 Å². The molecule has 0 saturated heterocycles. The fourth-order valence-electron chi connectivity index (χ4n) is 2.21. The second kappa shape index (κ2) is 4.54. The summed E-state index contributed by atoms with van der Waals surface area (Å²) in [6, 6.07) is 2.38. The van der Waals surface area contributed by atoms with E-state index < -0.39 is 0 Å². The minimum absolute atomic E-state index is 0.0559. The molecule has 4 heteroatoms. The van der Waals surface area contributed by atoms with Gasteiger partial charge in [-0.25, -0.2) is 0 Å². The molecule has 0 saturated carbocycles. The molecule has 2 rings (SSSR count). The lowest BCUT2D eigenvalue weighted by Crippen LogP contribution is -2.39. The molecule has 1 amide bonds. The number of halogens is 1. The molecule has 2 nitrogen and oxygen atoms in total.